The molecule has 0 bridgehead atoms. The van der Waals surface area contributed by atoms with Crippen LogP contribution in [0.15, 0.2) is 35.9 Å². The second-order valence-corrected chi connectivity index (χ2v) is 8.13. The number of benzene rings is 1. The molecule has 1 saturated carbocycles. The van der Waals surface area contributed by atoms with Gasteiger partial charge in [-0.2, -0.15) is 26.3 Å². The third-order valence-electron chi connectivity index (χ3n) is 5.84. The molecule has 2 fully saturated rings. The topological polar surface area (TPSA) is 58.6 Å². The van der Waals surface area contributed by atoms with E-state index in [1.165, 1.54) is 0 Å². The number of rotatable bonds is 6. The molecule has 11 heteroatoms. The summed E-state index contributed by atoms with van der Waals surface area (Å²) in [4.78, 5) is 24.2. The smallest absolute Gasteiger partial charge is 0.440 e. The minimum Gasteiger partial charge on any atom is -0.440 e. The van der Waals surface area contributed by atoms with Crippen molar-refractivity contribution in [3.05, 3.63) is 41.5 Å². The number of alkyl halides is 6. The zero-order chi connectivity index (χ0) is 24.4. The minimum atomic E-state index is -5.23. The Bertz CT molecular complexity index is 884. The zero-order valence-electron chi connectivity index (χ0n) is 17.7. The molecule has 2 unspecified atom stereocenters. The van der Waals surface area contributed by atoms with Gasteiger partial charge in [-0.3, -0.25) is 10.1 Å². The van der Waals surface area contributed by atoms with Gasteiger partial charge in [-0.25, -0.2) is 4.79 Å². The average Bonchev–Trinajstić information content (AvgIpc) is 3.52. The van der Waals surface area contributed by atoms with E-state index in [1.807, 2.05) is 43.3 Å². The number of piperidine rings is 1. The first kappa shape index (κ1) is 25.1. The maximum atomic E-state index is 13.4. The number of carbonyl (C=O) groups excluding carboxylic acids is 2. The largest absolute Gasteiger partial charge is 0.490 e. The van der Waals surface area contributed by atoms with Crippen LogP contribution < -0.4 is 5.32 Å². The highest BCUT2D eigenvalue weighted by atomic mass is 19.4. The van der Waals surface area contributed by atoms with Crippen molar-refractivity contribution < 1.29 is 40.7 Å². The number of halogens is 6. The lowest BCUT2D eigenvalue weighted by atomic mass is 10.0. The standard InChI is InChI=1S/C22H24F6N2O3/c1-2-14(10-13-6-4-3-5-7-13)16-12-17(16)30(19(31)21(23,24)25)15-8-9-29-18(11-15)33-20(32)22(26,27)28/h3-7,10,15-18,29H,2,8-9,11-12H2,1H3/b14-10+/t15?,16-,17+,18?/m0/s1. The molecule has 2 aliphatic rings. The number of esters is 1. The van der Waals surface area contributed by atoms with Crippen LogP contribution in [0.25, 0.3) is 6.08 Å². The molecule has 3 rings (SSSR count). The van der Waals surface area contributed by atoms with Crippen molar-refractivity contribution in [3.8, 4) is 0 Å². The predicted octanol–water partition coefficient (Wildman–Crippen LogP) is 4.44. The van der Waals surface area contributed by atoms with Crippen molar-refractivity contribution in [1.82, 2.24) is 10.2 Å². The lowest BCUT2D eigenvalue weighted by molar-refractivity contribution is -0.209. The molecule has 0 radical (unpaired) electrons. The summed E-state index contributed by atoms with van der Waals surface area (Å²) in [6, 6.07) is 7.48. The van der Waals surface area contributed by atoms with Crippen LogP contribution in [0.4, 0.5) is 26.3 Å². The van der Waals surface area contributed by atoms with Gasteiger partial charge >= 0.3 is 24.2 Å². The van der Waals surface area contributed by atoms with E-state index >= 15 is 0 Å². The van der Waals surface area contributed by atoms with Crippen LogP contribution in [-0.4, -0.2) is 54.0 Å². The number of nitrogens with one attached hydrogen (secondary N) is 1. The van der Waals surface area contributed by atoms with Gasteiger partial charge in [-0.1, -0.05) is 48.9 Å². The fourth-order valence-corrected chi connectivity index (χ4v) is 4.25. The molecule has 1 saturated heterocycles. The zero-order valence-corrected chi connectivity index (χ0v) is 17.7. The summed E-state index contributed by atoms with van der Waals surface area (Å²) in [6.07, 6.45) is -9.29. The van der Waals surface area contributed by atoms with Gasteiger partial charge in [-0.15, -0.1) is 0 Å². The second kappa shape index (κ2) is 9.74. The van der Waals surface area contributed by atoms with E-state index in [-0.39, 0.29) is 25.3 Å². The molecule has 182 valence electrons. The number of amides is 1. The first-order chi connectivity index (χ1) is 15.4. The van der Waals surface area contributed by atoms with E-state index in [0.29, 0.717) is 12.8 Å². The third-order valence-corrected chi connectivity index (χ3v) is 5.84. The molecule has 1 aliphatic carbocycles. The van der Waals surface area contributed by atoms with Crippen LogP contribution in [0, 0.1) is 5.92 Å². The normalized spacial score (nSPS) is 26.0. The highest BCUT2D eigenvalue weighted by molar-refractivity contribution is 5.83. The highest BCUT2D eigenvalue weighted by Gasteiger charge is 2.55. The van der Waals surface area contributed by atoms with Crippen molar-refractivity contribution >= 4 is 18.0 Å². The lowest BCUT2D eigenvalue weighted by Gasteiger charge is -2.38. The van der Waals surface area contributed by atoms with Crippen molar-refractivity contribution in [3.63, 3.8) is 0 Å². The molecule has 0 spiro atoms. The van der Waals surface area contributed by atoms with Crippen LogP contribution in [0.3, 0.4) is 0 Å². The number of nitrogens with zero attached hydrogens (tertiary/aromatic N) is 1. The van der Waals surface area contributed by atoms with Crippen molar-refractivity contribution in [2.24, 2.45) is 5.92 Å². The molecule has 4 atom stereocenters. The van der Waals surface area contributed by atoms with E-state index in [1.54, 1.807) is 0 Å². The molecule has 0 aromatic heterocycles. The summed E-state index contributed by atoms with van der Waals surface area (Å²) < 4.78 is 82.1. The first-order valence-corrected chi connectivity index (χ1v) is 10.6. The Morgan fingerprint density at radius 2 is 1.76 bits per heavy atom. The molecule has 5 nitrogen and oxygen atoms in total. The summed E-state index contributed by atoms with van der Waals surface area (Å²) in [5, 5.41) is 2.55. The maximum Gasteiger partial charge on any atom is 0.490 e. The highest BCUT2D eigenvalue weighted by Crippen LogP contribution is 2.46. The van der Waals surface area contributed by atoms with Gasteiger partial charge in [0, 0.05) is 31.0 Å². The number of ether oxygens (including phenoxy) is 1. The Morgan fingerprint density at radius 3 is 2.33 bits per heavy atom. The summed E-state index contributed by atoms with van der Waals surface area (Å²) >= 11 is 0. The second-order valence-electron chi connectivity index (χ2n) is 8.13. The van der Waals surface area contributed by atoms with Gasteiger partial charge in [0.25, 0.3) is 0 Å². The quantitative estimate of drug-likeness (QED) is 0.485. The molecule has 1 amide bonds. The van der Waals surface area contributed by atoms with Gasteiger partial charge in [0.05, 0.1) is 0 Å². The molecule has 1 aromatic rings. The van der Waals surface area contributed by atoms with E-state index in [0.717, 1.165) is 16.0 Å². The summed E-state index contributed by atoms with van der Waals surface area (Å²) in [5.41, 5.74) is 1.77. The summed E-state index contributed by atoms with van der Waals surface area (Å²) in [6.45, 7) is 1.87. The van der Waals surface area contributed by atoms with Crippen LogP contribution in [0.5, 0.6) is 0 Å². The molecular formula is C22H24F6N2O3. The van der Waals surface area contributed by atoms with Crippen molar-refractivity contribution in [2.75, 3.05) is 6.54 Å². The van der Waals surface area contributed by atoms with Crippen LogP contribution in [-0.2, 0) is 14.3 Å². The summed E-state index contributed by atoms with van der Waals surface area (Å²) in [7, 11) is 0. The van der Waals surface area contributed by atoms with Gasteiger partial charge in [0.2, 0.25) is 0 Å². The molecular weight excluding hydrogens is 454 g/mol. The predicted molar refractivity (Wildman–Crippen MR) is 106 cm³/mol. The first-order valence-electron chi connectivity index (χ1n) is 10.6. The van der Waals surface area contributed by atoms with E-state index in [9.17, 15) is 35.9 Å². The maximum absolute atomic E-state index is 13.4. The van der Waals surface area contributed by atoms with Crippen molar-refractivity contribution in [1.29, 1.82) is 0 Å². The number of carbonyl (C=O) groups is 2. The Hall–Kier alpha value is -2.56. The van der Waals surface area contributed by atoms with Gasteiger partial charge in [-0.05, 0) is 24.8 Å². The molecule has 1 aromatic carbocycles. The Labute approximate surface area is 186 Å². The van der Waals surface area contributed by atoms with E-state index in [2.05, 4.69) is 10.1 Å². The lowest BCUT2D eigenvalue weighted by Crippen LogP contribution is -2.55. The van der Waals surface area contributed by atoms with Crippen molar-refractivity contribution in [2.45, 2.75) is 63.3 Å². The van der Waals surface area contributed by atoms with Gasteiger partial charge in [0.1, 0.15) is 0 Å². The third kappa shape index (κ3) is 6.27. The van der Waals surface area contributed by atoms with Gasteiger partial charge in [0.15, 0.2) is 6.23 Å². The van der Waals surface area contributed by atoms with Crippen LogP contribution >= 0.6 is 0 Å². The summed E-state index contributed by atoms with van der Waals surface area (Å²) in [5.74, 6) is -4.75. The molecule has 1 aliphatic heterocycles. The fraction of sp³-hybridized carbons (Fsp3) is 0.545. The van der Waals surface area contributed by atoms with Crippen LogP contribution in [0.1, 0.15) is 38.2 Å². The van der Waals surface area contributed by atoms with Crippen LogP contribution in [0.2, 0.25) is 0 Å². The molecule has 33 heavy (non-hydrogen) atoms. The van der Waals surface area contributed by atoms with E-state index in [4.69, 9.17) is 0 Å². The molecule has 1 heterocycles. The van der Waals surface area contributed by atoms with Gasteiger partial charge < -0.3 is 9.64 Å². The Balaban J connectivity index is 1.79. The fourth-order valence-electron chi connectivity index (χ4n) is 4.25. The monoisotopic (exact) mass is 478 g/mol. The number of hydrogen-bond donors (Lipinski definition) is 1. The number of hydrogen-bond acceptors (Lipinski definition) is 4. The minimum absolute atomic E-state index is 0.0000160. The molecule has 1 N–H and O–H groups in total. The average molecular weight is 478 g/mol. The Morgan fingerprint density at radius 1 is 1.09 bits per heavy atom. The van der Waals surface area contributed by atoms with E-state index < -0.39 is 42.5 Å². The SMILES string of the molecule is CC/C(=C\c1ccccc1)[C@@H]1C[C@H]1N(C(=O)C(F)(F)F)C1CCNC(OC(=O)C(F)(F)F)C1. The Kier molecular flexibility index (Phi) is 7.40.